The smallest absolute Gasteiger partial charge is 0.254 e. The lowest BCUT2D eigenvalue weighted by Gasteiger charge is -2.34. The summed E-state index contributed by atoms with van der Waals surface area (Å²) in [5, 5.41) is 14.0. The molecule has 1 fully saturated rings. The van der Waals surface area contributed by atoms with Crippen LogP contribution in [0, 0.1) is 6.92 Å². The van der Waals surface area contributed by atoms with Crippen molar-refractivity contribution in [2.75, 3.05) is 46.9 Å². The zero-order valence-corrected chi connectivity index (χ0v) is 18.3. The van der Waals surface area contributed by atoms with Crippen LogP contribution in [-0.2, 0) is 11.3 Å². The molecule has 3 rings (SSSR count). The van der Waals surface area contributed by atoms with E-state index in [-0.39, 0.29) is 23.2 Å². The number of carbonyl (C=O) groups excluding carboxylic acids is 1. The molecule has 2 aromatic carbocycles. The quantitative estimate of drug-likeness (QED) is 0.496. The van der Waals surface area contributed by atoms with Crippen molar-refractivity contribution in [2.45, 2.75) is 13.5 Å². The van der Waals surface area contributed by atoms with Gasteiger partial charge in [0.25, 0.3) is 5.91 Å². The molecule has 8 heteroatoms. The number of carbonyl (C=O) groups is 1. The Labute approximate surface area is 183 Å². The van der Waals surface area contributed by atoms with Gasteiger partial charge in [0.15, 0.2) is 11.5 Å². The number of rotatable bonds is 8. The predicted octanol–water partition coefficient (Wildman–Crippen LogP) is 1.99. The second-order valence-corrected chi connectivity index (χ2v) is 7.61. The van der Waals surface area contributed by atoms with Crippen LogP contribution in [0.25, 0.3) is 0 Å². The fourth-order valence-corrected chi connectivity index (χ4v) is 3.46. The summed E-state index contributed by atoms with van der Waals surface area (Å²) in [4.78, 5) is 16.8. The number of ether oxygens (including phenoxy) is 2. The third-order valence-corrected chi connectivity index (χ3v) is 5.26. The Morgan fingerprint density at radius 3 is 2.23 bits per heavy atom. The van der Waals surface area contributed by atoms with Crippen LogP contribution in [0.15, 0.2) is 41.5 Å². The van der Waals surface area contributed by atoms with E-state index >= 15 is 0 Å². The predicted molar refractivity (Wildman–Crippen MR) is 120 cm³/mol. The molecule has 1 saturated heterocycles. The van der Waals surface area contributed by atoms with Crippen LogP contribution in [0.4, 0.5) is 0 Å². The highest BCUT2D eigenvalue weighted by Crippen LogP contribution is 2.36. The molecule has 0 spiro atoms. The van der Waals surface area contributed by atoms with Crippen molar-refractivity contribution >= 4 is 12.1 Å². The van der Waals surface area contributed by atoms with Crippen molar-refractivity contribution < 1.29 is 19.4 Å². The maximum Gasteiger partial charge on any atom is 0.254 e. The number of amides is 1. The monoisotopic (exact) mass is 426 g/mol. The third-order valence-electron chi connectivity index (χ3n) is 5.26. The van der Waals surface area contributed by atoms with Crippen molar-refractivity contribution in [3.63, 3.8) is 0 Å². The molecule has 1 aliphatic rings. The summed E-state index contributed by atoms with van der Waals surface area (Å²) in [5.41, 5.74) is 5.77. The number of nitrogens with one attached hydrogen (secondary N) is 1. The molecule has 0 atom stereocenters. The summed E-state index contributed by atoms with van der Waals surface area (Å²) in [6.45, 7) is 6.87. The van der Waals surface area contributed by atoms with E-state index in [9.17, 15) is 9.90 Å². The molecule has 1 heterocycles. The Balaban J connectivity index is 1.44. The molecule has 0 saturated carbocycles. The fourth-order valence-electron chi connectivity index (χ4n) is 3.46. The van der Waals surface area contributed by atoms with E-state index in [4.69, 9.17) is 9.47 Å². The second-order valence-electron chi connectivity index (χ2n) is 7.61. The first-order valence-electron chi connectivity index (χ1n) is 10.3. The Bertz CT molecular complexity index is 881. The Morgan fingerprint density at radius 1 is 1.06 bits per heavy atom. The lowest BCUT2D eigenvalue weighted by molar-refractivity contribution is -0.122. The first kappa shape index (κ1) is 22.6. The number of phenols is 1. The Hall–Kier alpha value is -3.10. The molecule has 0 unspecified atom stereocenters. The summed E-state index contributed by atoms with van der Waals surface area (Å²) >= 11 is 0. The summed E-state index contributed by atoms with van der Waals surface area (Å²) < 4.78 is 10.2. The van der Waals surface area contributed by atoms with Crippen LogP contribution < -0.4 is 14.9 Å². The van der Waals surface area contributed by atoms with Gasteiger partial charge in [0.1, 0.15) is 0 Å². The van der Waals surface area contributed by atoms with Gasteiger partial charge in [0.2, 0.25) is 5.75 Å². The molecule has 1 amide bonds. The fraction of sp³-hybridized carbons (Fsp3) is 0.391. The summed E-state index contributed by atoms with van der Waals surface area (Å²) in [7, 11) is 2.91. The minimum absolute atomic E-state index is 0.0762. The maximum absolute atomic E-state index is 12.2. The molecule has 0 aliphatic carbocycles. The molecule has 166 valence electrons. The molecule has 1 aliphatic heterocycles. The van der Waals surface area contributed by atoms with Gasteiger partial charge in [-0.15, -0.1) is 0 Å². The highest BCUT2D eigenvalue weighted by molar-refractivity contribution is 5.84. The van der Waals surface area contributed by atoms with E-state index in [1.165, 1.54) is 31.6 Å². The number of aryl methyl sites for hydroxylation is 1. The van der Waals surface area contributed by atoms with Gasteiger partial charge in [-0.2, -0.15) is 5.10 Å². The summed E-state index contributed by atoms with van der Waals surface area (Å²) in [6, 6.07) is 11.8. The van der Waals surface area contributed by atoms with E-state index in [2.05, 4.69) is 51.5 Å². The zero-order valence-electron chi connectivity index (χ0n) is 18.3. The van der Waals surface area contributed by atoms with Crippen LogP contribution in [0.3, 0.4) is 0 Å². The van der Waals surface area contributed by atoms with Gasteiger partial charge >= 0.3 is 0 Å². The zero-order chi connectivity index (χ0) is 22.2. The van der Waals surface area contributed by atoms with E-state index in [1.807, 2.05) is 0 Å². The number of hydrazone groups is 1. The standard InChI is InChI=1S/C23H30N4O4/c1-17-4-6-18(7-5-17)15-26-8-10-27(11-9-26)16-22(28)25-24-14-19-12-20(30-2)23(29)21(13-19)31-3/h4-7,12-14,29H,8-11,15-16H2,1-3H3,(H,25,28)/b24-14-. The van der Waals surface area contributed by atoms with Crippen molar-refractivity contribution in [3.8, 4) is 17.2 Å². The Morgan fingerprint density at radius 2 is 1.65 bits per heavy atom. The minimum atomic E-state index is -0.166. The normalized spacial score (nSPS) is 15.2. The summed E-state index contributed by atoms with van der Waals surface area (Å²) in [6.07, 6.45) is 1.49. The average molecular weight is 427 g/mol. The molecule has 2 aromatic rings. The van der Waals surface area contributed by atoms with Crippen LogP contribution in [-0.4, -0.2) is 74.0 Å². The van der Waals surface area contributed by atoms with Gasteiger partial charge in [-0.05, 0) is 24.6 Å². The number of aromatic hydroxyl groups is 1. The molecule has 0 aromatic heterocycles. The number of methoxy groups -OCH3 is 2. The van der Waals surface area contributed by atoms with Crippen molar-refractivity contribution in [3.05, 3.63) is 53.1 Å². The molecule has 0 radical (unpaired) electrons. The lowest BCUT2D eigenvalue weighted by atomic mass is 10.1. The molecular formula is C23H30N4O4. The average Bonchev–Trinajstić information content (AvgIpc) is 2.77. The van der Waals surface area contributed by atoms with Gasteiger partial charge in [-0.3, -0.25) is 14.6 Å². The minimum Gasteiger partial charge on any atom is -0.502 e. The van der Waals surface area contributed by atoms with Gasteiger partial charge in [-0.1, -0.05) is 29.8 Å². The van der Waals surface area contributed by atoms with E-state index < -0.39 is 0 Å². The van der Waals surface area contributed by atoms with Crippen LogP contribution in [0.2, 0.25) is 0 Å². The summed E-state index contributed by atoms with van der Waals surface area (Å²) in [5.74, 6) is 0.305. The van der Waals surface area contributed by atoms with Gasteiger partial charge in [0.05, 0.1) is 27.0 Å². The van der Waals surface area contributed by atoms with Crippen molar-refractivity contribution in [2.24, 2.45) is 5.10 Å². The first-order chi connectivity index (χ1) is 15.0. The largest absolute Gasteiger partial charge is 0.502 e. The van der Waals surface area contributed by atoms with Crippen molar-refractivity contribution in [1.29, 1.82) is 0 Å². The van der Waals surface area contributed by atoms with Crippen LogP contribution in [0.5, 0.6) is 17.2 Å². The van der Waals surface area contributed by atoms with E-state index in [0.29, 0.717) is 12.1 Å². The molecular weight excluding hydrogens is 396 g/mol. The first-order valence-corrected chi connectivity index (χ1v) is 10.3. The third kappa shape index (κ3) is 6.44. The van der Waals surface area contributed by atoms with Crippen LogP contribution >= 0.6 is 0 Å². The maximum atomic E-state index is 12.2. The number of nitrogens with zero attached hydrogens (tertiary/aromatic N) is 3. The molecule has 2 N–H and O–H groups in total. The van der Waals surface area contributed by atoms with Crippen LogP contribution in [0.1, 0.15) is 16.7 Å². The highest BCUT2D eigenvalue weighted by Gasteiger charge is 2.19. The number of phenolic OH excluding ortho intramolecular Hbond substituents is 1. The molecule has 31 heavy (non-hydrogen) atoms. The topological polar surface area (TPSA) is 86.6 Å². The number of benzene rings is 2. The Kier molecular flexibility index (Phi) is 7.86. The second kappa shape index (κ2) is 10.8. The van der Waals surface area contributed by atoms with Crippen molar-refractivity contribution in [1.82, 2.24) is 15.2 Å². The van der Waals surface area contributed by atoms with Gasteiger partial charge in [0, 0.05) is 38.3 Å². The SMILES string of the molecule is COc1cc(/C=N\NC(=O)CN2CCN(Cc3ccc(C)cc3)CC2)cc(OC)c1O. The highest BCUT2D eigenvalue weighted by atomic mass is 16.5. The van der Waals surface area contributed by atoms with Gasteiger partial charge < -0.3 is 14.6 Å². The number of hydrogen-bond acceptors (Lipinski definition) is 7. The van der Waals surface area contributed by atoms with E-state index in [1.54, 1.807) is 12.1 Å². The van der Waals surface area contributed by atoms with E-state index in [0.717, 1.165) is 32.7 Å². The lowest BCUT2D eigenvalue weighted by Crippen LogP contribution is -2.48. The number of piperazine rings is 1. The molecule has 8 nitrogen and oxygen atoms in total. The molecule has 0 bridgehead atoms. The number of hydrogen-bond donors (Lipinski definition) is 2. The van der Waals surface area contributed by atoms with Gasteiger partial charge in [-0.25, -0.2) is 5.43 Å².